The van der Waals surface area contributed by atoms with Crippen LogP contribution in [0.5, 0.6) is 0 Å². The third-order valence-electron chi connectivity index (χ3n) is 4.53. The number of para-hydroxylation sites is 1. The summed E-state index contributed by atoms with van der Waals surface area (Å²) in [5.74, 6) is -1.34. The van der Waals surface area contributed by atoms with E-state index in [2.05, 4.69) is 22.9 Å². The van der Waals surface area contributed by atoms with Crippen molar-refractivity contribution in [2.45, 2.75) is 46.3 Å². The zero-order chi connectivity index (χ0) is 22.1. The molecule has 3 N–H and O–H groups in total. The van der Waals surface area contributed by atoms with E-state index >= 15 is 0 Å². The quantitative estimate of drug-likeness (QED) is 0.573. The molecule has 0 aliphatic carbocycles. The fraction of sp³-hybridized carbons (Fsp3) is 0.348. The molecule has 0 radical (unpaired) electrons. The molecule has 0 heterocycles. The van der Waals surface area contributed by atoms with Gasteiger partial charge in [-0.25, -0.2) is 9.59 Å². The topological polar surface area (TPSA) is 96.5 Å². The molecule has 0 unspecified atom stereocenters. The molecule has 7 nitrogen and oxygen atoms in total. The minimum atomic E-state index is -1.01. The lowest BCUT2D eigenvalue weighted by molar-refractivity contribution is -0.156. The lowest BCUT2D eigenvalue weighted by Gasteiger charge is -2.23. The van der Waals surface area contributed by atoms with E-state index < -0.39 is 30.1 Å². The second-order valence-corrected chi connectivity index (χ2v) is 7.31. The van der Waals surface area contributed by atoms with Gasteiger partial charge in [-0.3, -0.25) is 4.79 Å². The van der Waals surface area contributed by atoms with E-state index in [-0.39, 0.29) is 5.92 Å². The van der Waals surface area contributed by atoms with Crippen LogP contribution in [0.2, 0.25) is 0 Å². The van der Waals surface area contributed by atoms with Crippen LogP contribution in [0, 0.1) is 5.92 Å². The molecule has 2 aromatic rings. The van der Waals surface area contributed by atoms with Gasteiger partial charge in [-0.1, -0.05) is 51.1 Å². The first kappa shape index (κ1) is 22.9. The molecule has 2 atom stereocenters. The van der Waals surface area contributed by atoms with E-state index in [4.69, 9.17) is 4.74 Å². The smallest absolute Gasteiger partial charge is 0.329 e. The van der Waals surface area contributed by atoms with Gasteiger partial charge < -0.3 is 20.7 Å². The van der Waals surface area contributed by atoms with E-state index in [1.165, 1.54) is 6.92 Å². The summed E-state index contributed by atoms with van der Waals surface area (Å²) >= 11 is 0. The molecule has 0 saturated carbocycles. The van der Waals surface area contributed by atoms with Gasteiger partial charge in [0.05, 0.1) is 0 Å². The Kier molecular flexibility index (Phi) is 8.41. The monoisotopic (exact) mass is 411 g/mol. The Hall–Kier alpha value is -3.35. The van der Waals surface area contributed by atoms with Gasteiger partial charge in [-0.05, 0) is 49.1 Å². The number of urea groups is 1. The predicted octanol–water partition coefficient (Wildman–Crippen LogP) is 3.97. The van der Waals surface area contributed by atoms with Gasteiger partial charge in [0.2, 0.25) is 0 Å². The Morgan fingerprint density at radius 2 is 1.47 bits per heavy atom. The lowest BCUT2D eigenvalue weighted by atomic mass is 10.0. The third-order valence-corrected chi connectivity index (χ3v) is 4.53. The molecule has 0 aromatic heterocycles. The van der Waals surface area contributed by atoms with E-state index in [1.54, 1.807) is 50.2 Å². The van der Waals surface area contributed by atoms with Crippen molar-refractivity contribution in [1.82, 2.24) is 5.32 Å². The van der Waals surface area contributed by atoms with Crippen LogP contribution in [0.1, 0.15) is 33.3 Å². The summed E-state index contributed by atoms with van der Waals surface area (Å²) in [5.41, 5.74) is 2.39. The maximum absolute atomic E-state index is 12.6. The molecule has 2 aromatic carbocycles. The number of carbonyl (C=O) groups is 3. The van der Waals surface area contributed by atoms with Crippen LogP contribution in [0.25, 0.3) is 0 Å². The fourth-order valence-electron chi connectivity index (χ4n) is 2.70. The van der Waals surface area contributed by atoms with Crippen LogP contribution < -0.4 is 16.0 Å². The van der Waals surface area contributed by atoms with Gasteiger partial charge in [0.1, 0.15) is 6.04 Å². The maximum atomic E-state index is 12.6. The Morgan fingerprint density at radius 1 is 0.867 bits per heavy atom. The second-order valence-electron chi connectivity index (χ2n) is 7.31. The molecule has 0 fully saturated rings. The standard InChI is InChI=1S/C23H29N3O4/c1-5-17-11-13-19(14-12-17)24-21(27)16(4)30-22(28)20(15(2)3)26-23(29)25-18-9-7-6-8-10-18/h6-16,20H,5H2,1-4H3,(H,24,27)(H2,25,26,29)/t16-,20+/m0/s1. The summed E-state index contributed by atoms with van der Waals surface area (Å²) in [7, 11) is 0. The number of amides is 3. The van der Waals surface area contributed by atoms with Crippen LogP contribution in [0.3, 0.4) is 0 Å². The minimum absolute atomic E-state index is 0.226. The van der Waals surface area contributed by atoms with Gasteiger partial charge in [0.15, 0.2) is 6.10 Å². The molecule has 7 heteroatoms. The molecule has 30 heavy (non-hydrogen) atoms. The van der Waals surface area contributed by atoms with E-state index in [9.17, 15) is 14.4 Å². The third kappa shape index (κ3) is 6.92. The summed E-state index contributed by atoms with van der Waals surface area (Å²) < 4.78 is 5.31. The maximum Gasteiger partial charge on any atom is 0.329 e. The Bertz CT molecular complexity index is 851. The van der Waals surface area contributed by atoms with Crippen LogP contribution in [-0.2, 0) is 20.7 Å². The van der Waals surface area contributed by atoms with Crippen molar-refractivity contribution < 1.29 is 19.1 Å². The molecule has 3 amide bonds. The highest BCUT2D eigenvalue weighted by Crippen LogP contribution is 2.12. The summed E-state index contributed by atoms with van der Waals surface area (Å²) in [4.78, 5) is 37.2. The fourth-order valence-corrected chi connectivity index (χ4v) is 2.70. The number of ether oxygens (including phenoxy) is 1. The summed E-state index contributed by atoms with van der Waals surface area (Å²) in [6.07, 6.45) is -0.104. The van der Waals surface area contributed by atoms with Crippen LogP contribution in [0.4, 0.5) is 16.2 Å². The first-order chi connectivity index (χ1) is 14.3. The van der Waals surface area contributed by atoms with Crippen LogP contribution in [0.15, 0.2) is 54.6 Å². The average Bonchev–Trinajstić information content (AvgIpc) is 2.72. The molecule has 0 aliphatic heterocycles. The number of carbonyl (C=O) groups excluding carboxylic acids is 3. The molecular formula is C23H29N3O4. The Morgan fingerprint density at radius 3 is 2.03 bits per heavy atom. The average molecular weight is 412 g/mol. The van der Waals surface area contributed by atoms with E-state index in [1.807, 2.05) is 18.2 Å². The number of hydrogen-bond acceptors (Lipinski definition) is 4. The normalized spacial score (nSPS) is 12.6. The minimum Gasteiger partial charge on any atom is -0.451 e. The predicted molar refractivity (Wildman–Crippen MR) is 117 cm³/mol. The van der Waals surface area contributed by atoms with Crippen molar-refractivity contribution in [3.05, 3.63) is 60.2 Å². The number of rotatable bonds is 8. The largest absolute Gasteiger partial charge is 0.451 e. The number of benzene rings is 2. The van der Waals surface area contributed by atoms with Gasteiger partial charge in [0.25, 0.3) is 5.91 Å². The van der Waals surface area contributed by atoms with Crippen molar-refractivity contribution in [2.75, 3.05) is 10.6 Å². The summed E-state index contributed by atoms with van der Waals surface area (Å²) in [6, 6.07) is 14.9. The molecule has 0 saturated heterocycles. The number of esters is 1. The van der Waals surface area contributed by atoms with E-state index in [0.717, 1.165) is 12.0 Å². The summed E-state index contributed by atoms with van der Waals surface area (Å²) in [6.45, 7) is 7.12. The zero-order valence-electron chi connectivity index (χ0n) is 17.8. The Balaban J connectivity index is 1.92. The van der Waals surface area contributed by atoms with Crippen molar-refractivity contribution in [3.8, 4) is 0 Å². The molecule has 2 rings (SSSR count). The summed E-state index contributed by atoms with van der Waals surface area (Å²) in [5, 5.41) is 8.00. The highest BCUT2D eigenvalue weighted by Gasteiger charge is 2.29. The van der Waals surface area contributed by atoms with Crippen molar-refractivity contribution in [1.29, 1.82) is 0 Å². The van der Waals surface area contributed by atoms with Crippen molar-refractivity contribution in [3.63, 3.8) is 0 Å². The van der Waals surface area contributed by atoms with Crippen molar-refractivity contribution in [2.24, 2.45) is 5.92 Å². The Labute approximate surface area is 177 Å². The van der Waals surface area contributed by atoms with Crippen LogP contribution in [-0.4, -0.2) is 30.1 Å². The van der Waals surface area contributed by atoms with Gasteiger partial charge in [0, 0.05) is 11.4 Å². The number of hydrogen-bond donors (Lipinski definition) is 3. The number of nitrogens with one attached hydrogen (secondary N) is 3. The highest BCUT2D eigenvalue weighted by atomic mass is 16.5. The second kappa shape index (κ2) is 11.0. The molecule has 0 aliphatic rings. The highest BCUT2D eigenvalue weighted by molar-refractivity contribution is 5.96. The van der Waals surface area contributed by atoms with Gasteiger partial charge in [-0.2, -0.15) is 0 Å². The van der Waals surface area contributed by atoms with Crippen LogP contribution >= 0.6 is 0 Å². The zero-order valence-corrected chi connectivity index (χ0v) is 17.8. The van der Waals surface area contributed by atoms with Gasteiger partial charge >= 0.3 is 12.0 Å². The van der Waals surface area contributed by atoms with Gasteiger partial charge in [-0.15, -0.1) is 0 Å². The molecule has 0 bridgehead atoms. The van der Waals surface area contributed by atoms with E-state index in [0.29, 0.717) is 11.4 Å². The van der Waals surface area contributed by atoms with Crippen molar-refractivity contribution >= 4 is 29.3 Å². The lowest BCUT2D eigenvalue weighted by Crippen LogP contribution is -2.48. The molecule has 0 spiro atoms. The first-order valence-corrected chi connectivity index (χ1v) is 10.0. The number of anilines is 2. The molecule has 160 valence electrons. The SMILES string of the molecule is CCc1ccc(NC(=O)[C@H](C)OC(=O)[C@H](NC(=O)Nc2ccccc2)C(C)C)cc1. The number of aryl methyl sites for hydroxylation is 1. The molecular weight excluding hydrogens is 382 g/mol. The first-order valence-electron chi connectivity index (χ1n) is 10.0.